The first-order valence-electron chi connectivity index (χ1n) is 15.4. The molecule has 2 amide bonds. The molecule has 1 saturated heterocycles. The molecule has 3 aromatic rings. The Labute approximate surface area is 265 Å². The molecule has 3 N–H and O–H groups in total. The lowest BCUT2D eigenvalue weighted by atomic mass is 9.84. The highest BCUT2D eigenvalue weighted by atomic mass is 32.2. The third-order valence-electron chi connectivity index (χ3n) is 8.57. The number of furan rings is 1. The van der Waals surface area contributed by atoms with Gasteiger partial charge < -0.3 is 20.2 Å². The topological polar surface area (TPSA) is 142 Å². The average molecular weight is 663 g/mol. The molecule has 0 radical (unpaired) electrons. The van der Waals surface area contributed by atoms with Crippen molar-refractivity contribution in [2.45, 2.75) is 80.8 Å². The van der Waals surface area contributed by atoms with Gasteiger partial charge in [0.1, 0.15) is 11.8 Å². The summed E-state index contributed by atoms with van der Waals surface area (Å²) in [6, 6.07) is 10.1. The normalized spacial score (nSPS) is 20.9. The van der Waals surface area contributed by atoms with Gasteiger partial charge in [-0.25, -0.2) is 13.4 Å². The van der Waals surface area contributed by atoms with E-state index in [1.165, 1.54) is 36.5 Å². The number of β-amino-alcohol motifs (C(OH)–C–C–N with tert-alkyl or cyclic N) is 1. The summed E-state index contributed by atoms with van der Waals surface area (Å²) in [4.78, 5) is 30.9. The summed E-state index contributed by atoms with van der Waals surface area (Å²) < 4.78 is 72.6. The van der Waals surface area contributed by atoms with Crippen LogP contribution in [0.15, 0.2) is 70.2 Å². The van der Waals surface area contributed by atoms with Crippen LogP contribution in [0, 0.1) is 5.92 Å². The minimum Gasteiger partial charge on any atom is -0.451 e. The number of pyridine rings is 1. The number of aliphatic hydroxyl groups is 1. The Morgan fingerprint density at radius 3 is 2.52 bits per heavy atom. The number of nitrogens with one attached hydrogen (secondary N) is 2. The minimum atomic E-state index is -4.54. The highest BCUT2D eigenvalue weighted by Gasteiger charge is 2.36. The summed E-state index contributed by atoms with van der Waals surface area (Å²) >= 11 is 0. The molecule has 3 heterocycles. The van der Waals surface area contributed by atoms with Gasteiger partial charge in [-0.05, 0) is 61.6 Å². The van der Waals surface area contributed by atoms with Crippen LogP contribution < -0.4 is 10.6 Å². The van der Waals surface area contributed by atoms with Gasteiger partial charge in [-0.2, -0.15) is 17.5 Å². The number of carbonyl (C=O) groups excluding carboxylic acids is 2. The second-order valence-corrected chi connectivity index (χ2v) is 13.7. The van der Waals surface area contributed by atoms with Crippen molar-refractivity contribution in [3.05, 3.63) is 72.1 Å². The number of carbonyl (C=O) groups is 2. The number of alkyl halides is 3. The molecule has 5 rings (SSSR count). The molecule has 10 nitrogen and oxygen atoms in total. The Kier molecular flexibility index (Phi) is 10.5. The van der Waals surface area contributed by atoms with Crippen molar-refractivity contribution in [2.24, 2.45) is 5.92 Å². The molecule has 0 bridgehead atoms. The molecule has 1 aliphatic heterocycles. The van der Waals surface area contributed by atoms with Gasteiger partial charge >= 0.3 is 6.18 Å². The van der Waals surface area contributed by atoms with Gasteiger partial charge in [0.05, 0.1) is 17.7 Å². The number of rotatable bonds is 9. The highest BCUT2D eigenvalue weighted by molar-refractivity contribution is 7.89. The summed E-state index contributed by atoms with van der Waals surface area (Å²) in [5, 5.41) is 16.5. The van der Waals surface area contributed by atoms with Gasteiger partial charge in [0.25, 0.3) is 15.9 Å². The molecule has 248 valence electrons. The fraction of sp³-hybridized carbons (Fsp3) is 0.469. The Morgan fingerprint density at radius 2 is 1.80 bits per heavy atom. The van der Waals surface area contributed by atoms with Gasteiger partial charge in [0.15, 0.2) is 10.8 Å². The van der Waals surface area contributed by atoms with Crippen molar-refractivity contribution in [1.29, 1.82) is 0 Å². The molecule has 2 aliphatic rings. The van der Waals surface area contributed by atoms with Crippen molar-refractivity contribution >= 4 is 21.8 Å². The molecular formula is C32H37F3N4O6S. The summed E-state index contributed by atoms with van der Waals surface area (Å²) in [5.41, 5.74) is -0.707. The molecule has 1 aromatic carbocycles. The van der Waals surface area contributed by atoms with Crippen LogP contribution >= 0.6 is 0 Å². The van der Waals surface area contributed by atoms with E-state index in [0.29, 0.717) is 19.3 Å². The Bertz CT molecular complexity index is 1610. The highest BCUT2D eigenvalue weighted by Crippen LogP contribution is 2.33. The third-order valence-corrected chi connectivity index (χ3v) is 10.3. The van der Waals surface area contributed by atoms with E-state index >= 15 is 0 Å². The molecule has 2 fully saturated rings. The van der Waals surface area contributed by atoms with Gasteiger partial charge in [0.2, 0.25) is 5.91 Å². The Morgan fingerprint density at radius 1 is 1.02 bits per heavy atom. The molecular weight excluding hydrogens is 625 g/mol. The summed E-state index contributed by atoms with van der Waals surface area (Å²) in [6.45, 7) is -0.106. The maximum atomic E-state index is 13.7. The van der Waals surface area contributed by atoms with E-state index in [1.54, 1.807) is 12.1 Å². The lowest BCUT2D eigenvalue weighted by Gasteiger charge is -2.29. The number of amides is 2. The summed E-state index contributed by atoms with van der Waals surface area (Å²) in [6.07, 6.45) is 1.55. The fourth-order valence-electron chi connectivity index (χ4n) is 6.09. The number of aromatic nitrogens is 1. The molecule has 2 aromatic heterocycles. The van der Waals surface area contributed by atoms with Crippen LogP contribution in [0.5, 0.6) is 0 Å². The second kappa shape index (κ2) is 14.3. The number of hydrogen-bond acceptors (Lipinski definition) is 7. The number of sulfonamides is 1. The van der Waals surface area contributed by atoms with Crippen molar-refractivity contribution in [2.75, 3.05) is 13.1 Å². The number of halogens is 3. The standard InChI is InChI=1S/C32H37F3N4O6S/c33-32(34,35)23-11-6-10-22(19-23)27-14-15-28(45-27)31(42)38-25(18-21-8-2-1-3-9-21)30(41)37-24-12-7-17-39(20-26(24)40)46(43,44)29-13-4-5-16-36-29/h4-6,10-11,13-16,19,21,24-26,40H,1-3,7-9,12,17-18,20H2,(H,37,41)(H,38,42)/t24?,25-,26?/m0/s1. The minimum absolute atomic E-state index is 0.0660. The predicted molar refractivity (Wildman–Crippen MR) is 162 cm³/mol. The molecule has 1 saturated carbocycles. The van der Waals surface area contributed by atoms with Crippen LogP contribution in [0.3, 0.4) is 0 Å². The van der Waals surface area contributed by atoms with E-state index in [-0.39, 0.29) is 41.1 Å². The lowest BCUT2D eigenvalue weighted by molar-refractivity contribution is -0.137. The fourth-order valence-corrected chi connectivity index (χ4v) is 7.52. The molecule has 0 spiro atoms. The van der Waals surface area contributed by atoms with Crippen molar-refractivity contribution < 1.29 is 40.7 Å². The van der Waals surface area contributed by atoms with Gasteiger partial charge in [-0.3, -0.25) is 9.59 Å². The van der Waals surface area contributed by atoms with E-state index in [2.05, 4.69) is 15.6 Å². The Hall–Kier alpha value is -3.75. The number of aliphatic hydroxyl groups excluding tert-OH is 1. The summed E-state index contributed by atoms with van der Waals surface area (Å²) in [7, 11) is -3.95. The number of hydrogen-bond donors (Lipinski definition) is 3. The zero-order valence-electron chi connectivity index (χ0n) is 25.1. The predicted octanol–water partition coefficient (Wildman–Crippen LogP) is 4.76. The summed E-state index contributed by atoms with van der Waals surface area (Å²) in [5.74, 6) is -1.15. The zero-order chi connectivity index (χ0) is 32.9. The third kappa shape index (κ3) is 8.15. The van der Waals surface area contributed by atoms with Gasteiger partial charge in [-0.15, -0.1) is 0 Å². The SMILES string of the molecule is O=C(N[C@@H](CC1CCCCC1)C(=O)NC1CCCN(S(=O)(=O)c2ccccn2)CC1O)c1ccc(-c2cccc(C(F)(F)F)c2)o1. The molecule has 46 heavy (non-hydrogen) atoms. The van der Waals surface area contributed by atoms with Crippen LogP contribution in [0.2, 0.25) is 0 Å². The smallest absolute Gasteiger partial charge is 0.416 e. The number of benzene rings is 1. The van der Waals surface area contributed by atoms with E-state index in [9.17, 15) is 36.3 Å². The zero-order valence-corrected chi connectivity index (χ0v) is 25.9. The van der Waals surface area contributed by atoms with E-state index in [4.69, 9.17) is 4.42 Å². The first kappa shape index (κ1) is 33.6. The maximum Gasteiger partial charge on any atom is 0.416 e. The molecule has 2 unspecified atom stereocenters. The van der Waals surface area contributed by atoms with Gasteiger partial charge in [0, 0.05) is 24.8 Å². The maximum absolute atomic E-state index is 13.7. The van der Waals surface area contributed by atoms with Crippen LogP contribution in [0.4, 0.5) is 13.2 Å². The lowest BCUT2D eigenvalue weighted by Crippen LogP contribution is -2.54. The van der Waals surface area contributed by atoms with Crippen molar-refractivity contribution in [1.82, 2.24) is 19.9 Å². The molecule has 3 atom stereocenters. The average Bonchev–Trinajstić information content (AvgIpc) is 3.47. The van der Waals surface area contributed by atoms with Crippen molar-refractivity contribution in [3.8, 4) is 11.3 Å². The molecule has 1 aliphatic carbocycles. The first-order valence-corrected chi connectivity index (χ1v) is 16.8. The van der Waals surface area contributed by atoms with Crippen LogP contribution in [0.1, 0.15) is 67.5 Å². The van der Waals surface area contributed by atoms with E-state index in [0.717, 1.165) is 48.5 Å². The van der Waals surface area contributed by atoms with E-state index < -0.39 is 51.8 Å². The Balaban J connectivity index is 1.28. The van der Waals surface area contributed by atoms with Crippen LogP contribution in [0.25, 0.3) is 11.3 Å². The van der Waals surface area contributed by atoms with Gasteiger partial charge in [-0.1, -0.05) is 50.3 Å². The second-order valence-electron chi connectivity index (χ2n) is 11.9. The number of nitrogens with zero attached hydrogens (tertiary/aromatic N) is 2. The van der Waals surface area contributed by atoms with Crippen LogP contribution in [-0.4, -0.2) is 65.9 Å². The quantitative estimate of drug-likeness (QED) is 0.300. The largest absolute Gasteiger partial charge is 0.451 e. The van der Waals surface area contributed by atoms with Crippen LogP contribution in [-0.2, 0) is 21.0 Å². The monoisotopic (exact) mass is 662 g/mol. The van der Waals surface area contributed by atoms with Crippen molar-refractivity contribution in [3.63, 3.8) is 0 Å². The first-order chi connectivity index (χ1) is 21.9. The molecule has 14 heteroatoms. The van der Waals surface area contributed by atoms with E-state index in [1.807, 2.05) is 0 Å².